The van der Waals surface area contributed by atoms with Crippen LogP contribution in [0.15, 0.2) is 40.7 Å². The molecule has 1 atom stereocenters. The standard InChI is InChI=1S/C22H25N3O5/c1-13-19(22(28)24-10-3-2-4-11-24)20(21-15(23-13)6-5-7-18(21)27)14-8-9-17(26)16(12-14)25(29)30/h8-9,12,20,23,26H,2-7,10-11H2,1H3. The van der Waals surface area contributed by atoms with E-state index in [1.54, 1.807) is 6.07 Å². The summed E-state index contributed by atoms with van der Waals surface area (Å²) in [6.07, 6.45) is 4.78. The molecule has 1 amide bonds. The summed E-state index contributed by atoms with van der Waals surface area (Å²) in [4.78, 5) is 39.0. The Kier molecular flexibility index (Phi) is 5.32. The highest BCUT2D eigenvalue weighted by atomic mass is 16.6. The zero-order valence-electron chi connectivity index (χ0n) is 16.9. The minimum Gasteiger partial charge on any atom is -0.502 e. The van der Waals surface area contributed by atoms with Gasteiger partial charge in [0.25, 0.3) is 5.91 Å². The number of amides is 1. The smallest absolute Gasteiger partial charge is 0.310 e. The molecule has 30 heavy (non-hydrogen) atoms. The molecule has 1 aromatic carbocycles. The van der Waals surface area contributed by atoms with E-state index in [0.717, 1.165) is 31.4 Å². The van der Waals surface area contributed by atoms with Gasteiger partial charge in [-0.3, -0.25) is 19.7 Å². The Bertz CT molecular complexity index is 988. The SMILES string of the molecule is CC1=C(C(=O)N2CCCCC2)C(c2ccc(O)c([N+](=O)[O-])c2)C2=C(CCCC2=O)N1. The van der Waals surface area contributed by atoms with Crippen molar-refractivity contribution >= 4 is 17.4 Å². The Morgan fingerprint density at radius 1 is 1.20 bits per heavy atom. The van der Waals surface area contributed by atoms with Crippen molar-refractivity contribution in [1.82, 2.24) is 10.2 Å². The highest BCUT2D eigenvalue weighted by Gasteiger charge is 2.40. The molecule has 8 heteroatoms. The zero-order chi connectivity index (χ0) is 21.4. The molecule has 1 fully saturated rings. The molecule has 0 bridgehead atoms. The summed E-state index contributed by atoms with van der Waals surface area (Å²) >= 11 is 0. The maximum Gasteiger partial charge on any atom is 0.310 e. The summed E-state index contributed by atoms with van der Waals surface area (Å²) in [5.74, 6) is -1.29. The Morgan fingerprint density at radius 3 is 2.63 bits per heavy atom. The van der Waals surface area contributed by atoms with E-state index in [4.69, 9.17) is 0 Å². The van der Waals surface area contributed by atoms with Crippen LogP contribution in [0.25, 0.3) is 0 Å². The fourth-order valence-corrected chi connectivity index (χ4v) is 4.73. The number of carbonyl (C=O) groups is 2. The molecule has 158 valence electrons. The second-order valence-electron chi connectivity index (χ2n) is 8.12. The Morgan fingerprint density at radius 2 is 1.93 bits per heavy atom. The predicted octanol–water partition coefficient (Wildman–Crippen LogP) is 3.28. The van der Waals surface area contributed by atoms with E-state index < -0.39 is 22.3 Å². The number of aromatic hydroxyl groups is 1. The van der Waals surface area contributed by atoms with Gasteiger partial charge in [0.05, 0.1) is 4.92 Å². The molecule has 2 N–H and O–H groups in total. The third kappa shape index (κ3) is 3.46. The van der Waals surface area contributed by atoms with Gasteiger partial charge in [-0.15, -0.1) is 0 Å². The number of allylic oxidation sites excluding steroid dienone is 3. The molecular weight excluding hydrogens is 386 g/mol. The van der Waals surface area contributed by atoms with Gasteiger partial charge in [-0.25, -0.2) is 0 Å². The molecule has 4 rings (SSSR count). The number of Topliss-reactive ketones (excluding diaryl/α,β-unsaturated/α-hetero) is 1. The van der Waals surface area contributed by atoms with Crippen LogP contribution in [0.4, 0.5) is 5.69 Å². The normalized spacial score (nSPS) is 22.0. The average molecular weight is 411 g/mol. The number of nitro groups is 1. The number of hydrogen-bond acceptors (Lipinski definition) is 6. The summed E-state index contributed by atoms with van der Waals surface area (Å²) < 4.78 is 0. The summed E-state index contributed by atoms with van der Waals surface area (Å²) in [6.45, 7) is 3.15. The number of likely N-dealkylation sites (tertiary alicyclic amines) is 1. The summed E-state index contributed by atoms with van der Waals surface area (Å²) in [7, 11) is 0. The first kappa shape index (κ1) is 20.1. The van der Waals surface area contributed by atoms with Crippen LogP contribution >= 0.6 is 0 Å². The molecular formula is C22H25N3O5. The number of nitrogens with one attached hydrogen (secondary N) is 1. The van der Waals surface area contributed by atoms with Gasteiger partial charge in [-0.2, -0.15) is 0 Å². The number of piperidine rings is 1. The molecule has 0 spiro atoms. The van der Waals surface area contributed by atoms with Crippen LogP contribution in [-0.4, -0.2) is 39.7 Å². The summed E-state index contributed by atoms with van der Waals surface area (Å²) in [5, 5.41) is 24.6. The number of nitro benzene ring substituents is 1. The summed E-state index contributed by atoms with van der Waals surface area (Å²) in [6, 6.07) is 4.12. The van der Waals surface area contributed by atoms with Crippen molar-refractivity contribution in [2.24, 2.45) is 0 Å². The van der Waals surface area contributed by atoms with Gasteiger partial charge < -0.3 is 15.3 Å². The predicted molar refractivity (Wildman–Crippen MR) is 110 cm³/mol. The van der Waals surface area contributed by atoms with Crippen LogP contribution in [0.1, 0.15) is 56.9 Å². The molecule has 1 aliphatic carbocycles. The number of ketones is 1. The minimum absolute atomic E-state index is 0.0408. The number of nitrogens with zero attached hydrogens (tertiary/aromatic N) is 2. The van der Waals surface area contributed by atoms with Crippen molar-refractivity contribution < 1.29 is 19.6 Å². The van der Waals surface area contributed by atoms with Crippen molar-refractivity contribution in [2.75, 3.05) is 13.1 Å². The largest absolute Gasteiger partial charge is 0.502 e. The maximum atomic E-state index is 13.5. The Labute approximate surface area is 174 Å². The van der Waals surface area contributed by atoms with Crippen LogP contribution < -0.4 is 5.32 Å². The zero-order valence-corrected chi connectivity index (χ0v) is 16.9. The van der Waals surface area contributed by atoms with E-state index in [2.05, 4.69) is 5.32 Å². The van der Waals surface area contributed by atoms with Crippen LogP contribution in [0.5, 0.6) is 5.75 Å². The van der Waals surface area contributed by atoms with Crippen LogP contribution in [0.3, 0.4) is 0 Å². The van der Waals surface area contributed by atoms with E-state index in [1.807, 2.05) is 11.8 Å². The highest BCUT2D eigenvalue weighted by Crippen LogP contribution is 2.44. The van der Waals surface area contributed by atoms with Crippen molar-refractivity contribution in [3.05, 3.63) is 56.4 Å². The molecule has 0 saturated carbocycles. The molecule has 1 saturated heterocycles. The van der Waals surface area contributed by atoms with Crippen molar-refractivity contribution in [3.8, 4) is 5.75 Å². The van der Waals surface area contributed by atoms with E-state index >= 15 is 0 Å². The molecule has 2 aliphatic heterocycles. The molecule has 1 aromatic rings. The topological polar surface area (TPSA) is 113 Å². The first-order valence-corrected chi connectivity index (χ1v) is 10.4. The Hall–Kier alpha value is -3.16. The lowest BCUT2D eigenvalue weighted by Crippen LogP contribution is -2.42. The van der Waals surface area contributed by atoms with Crippen molar-refractivity contribution in [3.63, 3.8) is 0 Å². The molecule has 1 unspecified atom stereocenters. The number of dihydropyridines is 1. The number of phenolic OH excluding ortho intramolecular Hbond substituents is 1. The highest BCUT2D eigenvalue weighted by molar-refractivity contribution is 6.05. The van der Waals surface area contributed by atoms with Gasteiger partial charge in [0.2, 0.25) is 0 Å². The van der Waals surface area contributed by atoms with E-state index in [-0.39, 0.29) is 11.7 Å². The fraction of sp³-hybridized carbons (Fsp3) is 0.455. The number of benzene rings is 1. The monoisotopic (exact) mass is 411 g/mol. The van der Waals surface area contributed by atoms with E-state index in [1.165, 1.54) is 12.1 Å². The third-order valence-electron chi connectivity index (χ3n) is 6.18. The van der Waals surface area contributed by atoms with Crippen LogP contribution in [-0.2, 0) is 9.59 Å². The van der Waals surface area contributed by atoms with Gasteiger partial charge in [-0.1, -0.05) is 6.07 Å². The van der Waals surface area contributed by atoms with Crippen molar-refractivity contribution in [2.45, 2.75) is 51.4 Å². The van der Waals surface area contributed by atoms with Gasteiger partial charge in [0.15, 0.2) is 11.5 Å². The molecule has 2 heterocycles. The average Bonchev–Trinajstić information content (AvgIpc) is 2.73. The maximum absolute atomic E-state index is 13.5. The van der Waals surface area contributed by atoms with E-state index in [9.17, 15) is 24.8 Å². The van der Waals surface area contributed by atoms with Crippen LogP contribution in [0.2, 0.25) is 0 Å². The number of hydrogen-bond donors (Lipinski definition) is 2. The second kappa shape index (κ2) is 7.93. The number of carbonyl (C=O) groups excluding carboxylic acids is 2. The Balaban J connectivity index is 1.86. The third-order valence-corrected chi connectivity index (χ3v) is 6.18. The quantitative estimate of drug-likeness (QED) is 0.583. The molecule has 0 radical (unpaired) electrons. The fourth-order valence-electron chi connectivity index (χ4n) is 4.73. The van der Waals surface area contributed by atoms with Crippen molar-refractivity contribution in [1.29, 1.82) is 0 Å². The van der Waals surface area contributed by atoms with Gasteiger partial charge in [0, 0.05) is 54.0 Å². The molecule has 3 aliphatic rings. The van der Waals surface area contributed by atoms with Gasteiger partial charge >= 0.3 is 5.69 Å². The van der Waals surface area contributed by atoms with Gasteiger partial charge in [-0.05, 0) is 50.7 Å². The lowest BCUT2D eigenvalue weighted by molar-refractivity contribution is -0.385. The molecule has 8 nitrogen and oxygen atoms in total. The minimum atomic E-state index is -0.678. The number of rotatable bonds is 3. The first-order chi connectivity index (χ1) is 14.4. The lowest BCUT2D eigenvalue weighted by Gasteiger charge is -2.37. The van der Waals surface area contributed by atoms with Crippen LogP contribution in [0, 0.1) is 10.1 Å². The second-order valence-corrected chi connectivity index (χ2v) is 8.12. The molecule has 0 aromatic heterocycles. The summed E-state index contributed by atoms with van der Waals surface area (Å²) in [5.41, 5.74) is 2.50. The first-order valence-electron chi connectivity index (χ1n) is 10.4. The van der Waals surface area contributed by atoms with Gasteiger partial charge in [0.1, 0.15) is 0 Å². The lowest BCUT2D eigenvalue weighted by atomic mass is 9.74. The number of phenols is 1. The van der Waals surface area contributed by atoms with E-state index in [0.29, 0.717) is 48.3 Å².